The summed E-state index contributed by atoms with van der Waals surface area (Å²) in [7, 11) is -0.155. The summed E-state index contributed by atoms with van der Waals surface area (Å²) in [4.78, 5) is 0. The van der Waals surface area contributed by atoms with Crippen LogP contribution in [0.5, 0.6) is 0 Å². The van der Waals surface area contributed by atoms with E-state index in [-0.39, 0.29) is 52.8 Å². The fourth-order valence-electron chi connectivity index (χ4n) is 1.37. The van der Waals surface area contributed by atoms with Gasteiger partial charge in [-0.05, 0) is 19.3 Å². The summed E-state index contributed by atoms with van der Waals surface area (Å²) >= 11 is 0. The zero-order chi connectivity index (χ0) is 10.7. The number of phosphoric acid groups is 1. The van der Waals surface area contributed by atoms with E-state index in [4.69, 9.17) is 18.3 Å². The zero-order valence-electron chi connectivity index (χ0n) is 10.8. The third kappa shape index (κ3) is 5.39. The largest absolute Gasteiger partial charge is 1.00 e. The van der Waals surface area contributed by atoms with E-state index in [0.717, 1.165) is 19.3 Å². The van der Waals surface area contributed by atoms with Crippen LogP contribution in [0.1, 0.15) is 20.7 Å². The molecule has 1 fully saturated rings. The van der Waals surface area contributed by atoms with Crippen LogP contribution in [0, 0.1) is 0 Å². The molecule has 0 spiro atoms. The topological polar surface area (TPSA) is 54.0 Å². The van der Waals surface area contributed by atoms with Crippen molar-refractivity contribution in [2.24, 2.45) is 0 Å². The Morgan fingerprint density at radius 2 is 2.00 bits per heavy atom. The first-order valence-electron chi connectivity index (χ1n) is 4.60. The summed E-state index contributed by atoms with van der Waals surface area (Å²) in [6.07, 6.45) is 2.81. The fraction of sp³-hybridized carbons (Fsp3) is 1.00. The van der Waals surface area contributed by atoms with Crippen molar-refractivity contribution in [2.75, 3.05) is 20.8 Å². The third-order valence-corrected chi connectivity index (χ3v) is 5.03. The summed E-state index contributed by atoms with van der Waals surface area (Å²) in [6.45, 7) is 0.650. The van der Waals surface area contributed by atoms with Crippen LogP contribution >= 0.6 is 7.82 Å². The van der Waals surface area contributed by atoms with Crippen molar-refractivity contribution in [3.05, 3.63) is 0 Å². The van der Waals surface area contributed by atoms with Crippen LogP contribution in [0.25, 0.3) is 0 Å². The monoisotopic (exact) mass is 280 g/mol. The van der Waals surface area contributed by atoms with Crippen molar-refractivity contribution >= 4 is 18.1 Å². The predicted molar refractivity (Wildman–Crippen MR) is 56.3 cm³/mol. The van der Waals surface area contributed by atoms with Crippen LogP contribution in [0.15, 0.2) is 0 Å². The second kappa shape index (κ2) is 7.38. The molecule has 1 atom stereocenters. The summed E-state index contributed by atoms with van der Waals surface area (Å²) in [5, 5.41) is 0. The van der Waals surface area contributed by atoms with Crippen molar-refractivity contribution in [3.63, 3.8) is 0 Å². The third-order valence-electron chi connectivity index (χ3n) is 2.18. The number of ether oxygens (including phenoxy) is 1. The normalized spacial score (nSPS) is 27.3. The molecule has 0 aromatic heterocycles. The molecule has 0 aliphatic carbocycles. The van der Waals surface area contributed by atoms with Crippen LogP contribution < -0.4 is 51.4 Å². The molecule has 1 saturated heterocycles. The maximum Gasteiger partial charge on any atom is 1.00 e. The Bertz CT molecular complexity index is 231. The smallest absolute Gasteiger partial charge is 1.00 e. The molecule has 1 heterocycles. The molecule has 86 valence electrons. The molecule has 5 nitrogen and oxygen atoms in total. The molecule has 0 aromatic rings. The van der Waals surface area contributed by atoms with E-state index in [1.165, 1.54) is 14.2 Å². The molecule has 0 N–H and O–H groups in total. The van der Waals surface area contributed by atoms with Crippen molar-refractivity contribution in [1.82, 2.24) is 0 Å². The minimum Gasteiger partial charge on any atom is -1.00 e. The van der Waals surface area contributed by atoms with Gasteiger partial charge in [0, 0.05) is 20.8 Å². The molecule has 0 bridgehead atoms. The van der Waals surface area contributed by atoms with Crippen molar-refractivity contribution < 1.29 is 75.7 Å². The Morgan fingerprint density at radius 3 is 2.40 bits per heavy atom. The van der Waals surface area contributed by atoms with E-state index < -0.39 is 13.2 Å². The SMILES string of the molecule is COP(=O)(OC)OC1([SiH3])CCCCO1.[H-].[K+]. The van der Waals surface area contributed by atoms with E-state index in [1.54, 1.807) is 0 Å². The van der Waals surface area contributed by atoms with Gasteiger partial charge in [0.15, 0.2) is 5.41 Å². The standard InChI is InChI=1S/C7H17O5PSi.K.H/c1-9-13(8,10-2)12-7(14)5-3-4-6-11-7;;/h3-6H2,1-2,14H3;;/q;+1;-1. The molecule has 0 amide bonds. The van der Waals surface area contributed by atoms with Gasteiger partial charge >= 0.3 is 59.2 Å². The van der Waals surface area contributed by atoms with Crippen LogP contribution in [0.3, 0.4) is 0 Å². The van der Waals surface area contributed by atoms with Gasteiger partial charge in [-0.3, -0.25) is 13.6 Å². The van der Waals surface area contributed by atoms with Gasteiger partial charge in [0.2, 0.25) is 0 Å². The van der Waals surface area contributed by atoms with E-state index in [1.807, 2.05) is 0 Å². The predicted octanol–water partition coefficient (Wildman–Crippen LogP) is -2.26. The second-order valence-electron chi connectivity index (χ2n) is 3.34. The summed E-state index contributed by atoms with van der Waals surface area (Å²) in [5.41, 5.74) is -0.709. The Hall–Kier alpha value is 1.92. The average molecular weight is 280 g/mol. The van der Waals surface area contributed by atoms with Crippen LogP contribution in [-0.2, 0) is 22.9 Å². The Kier molecular flexibility index (Phi) is 8.32. The number of hydrogen-bond acceptors (Lipinski definition) is 5. The number of hydrogen-bond donors (Lipinski definition) is 0. The Balaban J connectivity index is 0. The first-order valence-corrected chi connectivity index (χ1v) is 7.06. The summed E-state index contributed by atoms with van der Waals surface area (Å²) < 4.78 is 31.9. The van der Waals surface area contributed by atoms with E-state index in [2.05, 4.69) is 0 Å². The molecule has 15 heavy (non-hydrogen) atoms. The van der Waals surface area contributed by atoms with Crippen LogP contribution in [0.2, 0.25) is 0 Å². The maximum atomic E-state index is 11.7. The van der Waals surface area contributed by atoms with Crippen LogP contribution in [0.4, 0.5) is 0 Å². The van der Waals surface area contributed by atoms with Gasteiger partial charge in [-0.15, -0.1) is 0 Å². The average Bonchev–Trinajstić information content (AvgIpc) is 2.18. The molecule has 8 heteroatoms. The molecule has 1 rings (SSSR count). The van der Waals surface area contributed by atoms with E-state index in [9.17, 15) is 4.57 Å². The van der Waals surface area contributed by atoms with Gasteiger partial charge in [-0.1, -0.05) is 0 Å². The first kappa shape index (κ1) is 16.9. The first-order chi connectivity index (χ1) is 6.54. The molecule has 0 radical (unpaired) electrons. The van der Waals surface area contributed by atoms with Gasteiger partial charge in [-0.25, -0.2) is 4.57 Å². The van der Waals surface area contributed by atoms with Crippen molar-refractivity contribution in [3.8, 4) is 0 Å². The zero-order valence-corrected chi connectivity index (χ0v) is 15.8. The van der Waals surface area contributed by atoms with Gasteiger partial charge in [-0.2, -0.15) is 0 Å². The maximum absolute atomic E-state index is 11.7. The van der Waals surface area contributed by atoms with Gasteiger partial charge in [0.1, 0.15) is 0 Å². The van der Waals surface area contributed by atoms with Crippen LogP contribution in [-0.4, -0.2) is 36.5 Å². The quantitative estimate of drug-likeness (QED) is 0.430. The minimum atomic E-state index is -3.41. The minimum absolute atomic E-state index is 0. The van der Waals surface area contributed by atoms with Crippen molar-refractivity contribution in [1.29, 1.82) is 0 Å². The molecular weight excluding hydrogens is 262 g/mol. The summed E-state index contributed by atoms with van der Waals surface area (Å²) in [6, 6.07) is 0. The number of phosphoric ester groups is 1. The second-order valence-corrected chi connectivity index (χ2v) is 6.67. The van der Waals surface area contributed by atoms with Crippen molar-refractivity contribution in [2.45, 2.75) is 24.7 Å². The summed E-state index contributed by atoms with van der Waals surface area (Å²) in [5.74, 6) is 0. The molecule has 1 aliphatic heterocycles. The molecule has 0 aromatic carbocycles. The number of rotatable bonds is 4. The Labute approximate surface area is 138 Å². The van der Waals surface area contributed by atoms with E-state index >= 15 is 0 Å². The Morgan fingerprint density at radius 1 is 1.40 bits per heavy atom. The van der Waals surface area contributed by atoms with Gasteiger partial charge in [0.05, 0.1) is 10.2 Å². The molecule has 0 saturated carbocycles. The molecule has 1 aliphatic rings. The molecular formula is C7H18KO5PSi. The van der Waals surface area contributed by atoms with Gasteiger partial charge < -0.3 is 6.16 Å². The van der Waals surface area contributed by atoms with Gasteiger partial charge in [0.25, 0.3) is 0 Å². The molecule has 1 unspecified atom stereocenters. The van der Waals surface area contributed by atoms with E-state index in [0.29, 0.717) is 16.8 Å². The fourth-order valence-corrected chi connectivity index (χ4v) is 3.51.